The molecule has 0 radical (unpaired) electrons. The van der Waals surface area contributed by atoms with Crippen LogP contribution in [0.2, 0.25) is 0 Å². The van der Waals surface area contributed by atoms with Gasteiger partial charge in [-0.15, -0.1) is 22.7 Å². The highest BCUT2D eigenvalue weighted by molar-refractivity contribution is 7.22. The van der Waals surface area contributed by atoms with E-state index in [0.717, 1.165) is 81.5 Å². The molecule has 0 amide bonds. The molecule has 8 heteroatoms. The molecule has 3 aromatic carbocycles. The summed E-state index contributed by atoms with van der Waals surface area (Å²) in [4.78, 5) is 29.2. The Morgan fingerprint density at radius 1 is 0.574 bits per heavy atom. The normalized spacial score (nSPS) is 24.0. The van der Waals surface area contributed by atoms with E-state index < -0.39 is 0 Å². The lowest BCUT2D eigenvalue weighted by atomic mass is 9.73. The van der Waals surface area contributed by atoms with E-state index in [-0.39, 0.29) is 45.1 Å². The van der Waals surface area contributed by atoms with Gasteiger partial charge in [-0.25, -0.2) is 0 Å². The average Bonchev–Trinajstić information content (AvgIpc) is 3.87. The van der Waals surface area contributed by atoms with Crippen molar-refractivity contribution in [3.8, 4) is 0 Å². The predicted octanol–water partition coefficient (Wildman–Crippen LogP) is 7.76. The van der Waals surface area contributed by atoms with Gasteiger partial charge < -0.3 is 10.2 Å². The number of carbonyl (C=O) groups is 2. The Morgan fingerprint density at radius 2 is 0.981 bits per heavy atom. The van der Waals surface area contributed by atoms with Crippen molar-refractivity contribution in [2.45, 2.75) is 64.2 Å². The first-order chi connectivity index (χ1) is 26.0. The van der Waals surface area contributed by atoms with Crippen LogP contribution in [-0.2, 0) is 20.4 Å². The second-order valence-electron chi connectivity index (χ2n) is 16.4. The quantitative estimate of drug-likeness (QED) is 0.137. The molecule has 6 heterocycles. The summed E-state index contributed by atoms with van der Waals surface area (Å²) in [6.45, 7) is 10.5. The number of para-hydroxylation sites is 2. The predicted molar refractivity (Wildman–Crippen MR) is 212 cm³/mol. The van der Waals surface area contributed by atoms with Crippen molar-refractivity contribution in [3.05, 3.63) is 127 Å². The van der Waals surface area contributed by atoms with Crippen LogP contribution in [0.3, 0.4) is 0 Å². The number of benzene rings is 3. The average molecular weight is 745 g/mol. The molecular weight excluding hydrogens is 709 g/mol. The minimum atomic E-state index is -0.293. The van der Waals surface area contributed by atoms with E-state index in [1.54, 1.807) is 0 Å². The number of allylic oxidation sites excluding steroid dienone is 6. The number of ketones is 2. The molecule has 0 saturated heterocycles. The maximum atomic E-state index is 13.9. The van der Waals surface area contributed by atoms with Gasteiger partial charge in [0.25, 0.3) is 0 Å². The Morgan fingerprint density at radius 3 is 1.39 bits per heavy atom. The fraction of sp³-hybridized carbons (Fsp3) is 0.261. The number of hydrogen-bond acceptors (Lipinski definition) is 6. The molecule has 2 aliphatic carbocycles. The van der Waals surface area contributed by atoms with Crippen LogP contribution in [0, 0.1) is 0 Å². The van der Waals surface area contributed by atoms with E-state index >= 15 is 0 Å². The SMILES string of the molecule is CC1(C)C2=[N+](CCC/C2=C2/C(=O)C(c3cc4cc5sc(C6=C([O-])/C(=C7\CCC[N+]8=C7C(C)(C)c7ccccc78)C6=O)cc5cc4s3)=C2[O-])c2ccccc21. The smallest absolute Gasteiger partial charge is 0.209 e. The minimum Gasteiger partial charge on any atom is -0.871 e. The molecule has 0 saturated carbocycles. The number of fused-ring (bicyclic) bond motifs is 6. The van der Waals surface area contributed by atoms with Gasteiger partial charge in [0, 0.05) is 88.7 Å². The fourth-order valence-electron chi connectivity index (χ4n) is 10.3. The summed E-state index contributed by atoms with van der Waals surface area (Å²) in [5, 5.41) is 29.7. The Kier molecular flexibility index (Phi) is 6.41. The van der Waals surface area contributed by atoms with Crippen molar-refractivity contribution in [3.63, 3.8) is 0 Å². The zero-order valence-electron chi connectivity index (χ0n) is 30.5. The highest BCUT2D eigenvalue weighted by atomic mass is 32.1. The molecule has 0 bridgehead atoms. The topological polar surface area (TPSA) is 86.3 Å². The van der Waals surface area contributed by atoms with Crippen LogP contribution in [0.5, 0.6) is 0 Å². The number of thiophene rings is 2. The van der Waals surface area contributed by atoms with Gasteiger partial charge in [-0.2, -0.15) is 9.15 Å². The van der Waals surface area contributed by atoms with Crippen molar-refractivity contribution >= 4 is 88.4 Å². The third-order valence-electron chi connectivity index (χ3n) is 12.7. The lowest BCUT2D eigenvalue weighted by Gasteiger charge is -2.34. The van der Waals surface area contributed by atoms with Crippen LogP contribution < -0.4 is 10.2 Å². The minimum absolute atomic E-state index is 0.154. The molecule has 54 heavy (non-hydrogen) atoms. The van der Waals surface area contributed by atoms with Gasteiger partial charge in [-0.3, -0.25) is 9.59 Å². The first-order valence-corrected chi connectivity index (χ1v) is 20.5. The maximum absolute atomic E-state index is 13.9. The third kappa shape index (κ3) is 4.00. The largest absolute Gasteiger partial charge is 0.871 e. The Hall–Kier alpha value is -5.18. The fourth-order valence-corrected chi connectivity index (χ4v) is 12.6. The molecule has 0 N–H and O–H groups in total. The van der Waals surface area contributed by atoms with E-state index in [1.807, 2.05) is 12.1 Å². The molecule has 6 aliphatic rings. The number of Topliss-reactive ketones (excluding diaryl/α,β-unsaturated/α-hetero) is 2. The van der Waals surface area contributed by atoms with Crippen LogP contribution in [-0.4, -0.2) is 45.2 Å². The summed E-state index contributed by atoms with van der Waals surface area (Å²) in [6, 6.07) is 24.8. The molecule has 0 atom stereocenters. The van der Waals surface area contributed by atoms with Crippen molar-refractivity contribution < 1.29 is 29.0 Å². The van der Waals surface area contributed by atoms with E-state index in [4.69, 9.17) is 0 Å². The maximum Gasteiger partial charge on any atom is 0.209 e. The number of carbonyl (C=O) groups excluding carboxylic acids is 2. The van der Waals surface area contributed by atoms with E-state index in [1.165, 1.54) is 45.2 Å². The van der Waals surface area contributed by atoms with Gasteiger partial charge in [-0.1, -0.05) is 47.9 Å². The summed E-state index contributed by atoms with van der Waals surface area (Å²) in [6.07, 6.45) is 3.23. The summed E-state index contributed by atoms with van der Waals surface area (Å²) >= 11 is 2.91. The Bertz CT molecular complexity index is 2640. The third-order valence-corrected chi connectivity index (χ3v) is 14.9. The highest BCUT2D eigenvalue weighted by Gasteiger charge is 2.52. The van der Waals surface area contributed by atoms with Gasteiger partial charge in [0.1, 0.15) is 13.1 Å². The molecule has 11 rings (SSSR count). The van der Waals surface area contributed by atoms with Crippen LogP contribution in [0.25, 0.3) is 31.3 Å². The second kappa shape index (κ2) is 10.7. The van der Waals surface area contributed by atoms with Crippen molar-refractivity contribution in [2.24, 2.45) is 0 Å². The summed E-state index contributed by atoms with van der Waals surface area (Å²) < 4.78 is 6.56. The van der Waals surface area contributed by atoms with Crippen molar-refractivity contribution in [2.75, 3.05) is 13.1 Å². The van der Waals surface area contributed by atoms with E-state index in [9.17, 15) is 19.8 Å². The van der Waals surface area contributed by atoms with Crippen LogP contribution in [0.4, 0.5) is 11.4 Å². The summed E-state index contributed by atoms with van der Waals surface area (Å²) in [5.41, 5.74) is 9.50. The molecule has 266 valence electrons. The van der Waals surface area contributed by atoms with Gasteiger partial charge in [0.15, 0.2) is 23.0 Å². The summed E-state index contributed by atoms with van der Waals surface area (Å²) in [5.74, 6) is -0.614. The lowest BCUT2D eigenvalue weighted by Crippen LogP contribution is -2.39. The molecular formula is C46H36N2O4S2. The standard InChI is InChI=1S/C46H36N2O4S2/c1-45(2)27-13-5-7-15-29(27)47-17-9-11-25(43(45)47)35-39(49)37(40(35)50)33-21-23-19-32-24(20-31(23)53-33)22-34(54-32)38-41(51)36(42(38)52)26-12-10-18-48-30-16-8-6-14-28(30)46(3,4)44(26)48/h5-8,13-16,19-22H,9-12,17-18H2,1-4H3. The zero-order chi connectivity index (χ0) is 37.0. The highest BCUT2D eigenvalue weighted by Crippen LogP contribution is 2.51. The number of nitrogens with zero attached hydrogens (tertiary/aromatic N) is 2. The van der Waals surface area contributed by atoms with Crippen LogP contribution in [0.1, 0.15) is 74.3 Å². The first-order valence-electron chi connectivity index (χ1n) is 18.8. The van der Waals surface area contributed by atoms with Gasteiger partial charge in [0.2, 0.25) is 11.4 Å². The molecule has 4 aliphatic heterocycles. The summed E-state index contributed by atoms with van der Waals surface area (Å²) in [7, 11) is 0. The Labute approximate surface area is 320 Å². The Balaban J connectivity index is 0.940. The van der Waals surface area contributed by atoms with Gasteiger partial charge in [-0.05, 0) is 75.6 Å². The van der Waals surface area contributed by atoms with Crippen LogP contribution in [0.15, 0.2) is 107 Å². The monoisotopic (exact) mass is 744 g/mol. The van der Waals surface area contributed by atoms with Gasteiger partial charge >= 0.3 is 0 Å². The number of hydrogen-bond donors (Lipinski definition) is 0. The molecule has 6 nitrogen and oxygen atoms in total. The molecule has 0 unspecified atom stereocenters. The van der Waals surface area contributed by atoms with E-state index in [0.29, 0.717) is 20.9 Å². The molecule has 2 aromatic heterocycles. The number of rotatable bonds is 2. The zero-order valence-corrected chi connectivity index (χ0v) is 32.1. The molecule has 0 fully saturated rings. The lowest BCUT2D eigenvalue weighted by molar-refractivity contribution is -0.442. The van der Waals surface area contributed by atoms with Crippen molar-refractivity contribution in [1.29, 1.82) is 0 Å². The molecule has 5 aromatic rings. The van der Waals surface area contributed by atoms with E-state index in [2.05, 4.69) is 97.5 Å². The second-order valence-corrected chi connectivity index (χ2v) is 18.6. The van der Waals surface area contributed by atoms with Crippen molar-refractivity contribution in [1.82, 2.24) is 0 Å². The van der Waals surface area contributed by atoms with Gasteiger partial charge in [0.05, 0.1) is 10.8 Å². The van der Waals surface area contributed by atoms with Crippen LogP contribution >= 0.6 is 22.7 Å². The molecule has 0 spiro atoms. The first kappa shape index (κ1) is 32.3.